The lowest BCUT2D eigenvalue weighted by atomic mass is 10.2. The number of carbonyl (C=O) groups excluding carboxylic acids is 1. The van der Waals surface area contributed by atoms with Gasteiger partial charge in [-0.3, -0.25) is 4.90 Å². The molecule has 3 heterocycles. The number of morpholine rings is 1. The van der Waals surface area contributed by atoms with Crippen LogP contribution in [0.15, 0.2) is 0 Å². The number of carbonyl (C=O) groups is 1. The molecule has 0 amide bonds. The van der Waals surface area contributed by atoms with Gasteiger partial charge < -0.3 is 14.4 Å². The van der Waals surface area contributed by atoms with Gasteiger partial charge in [-0.1, -0.05) is 0 Å². The molecule has 0 saturated carbocycles. The lowest BCUT2D eigenvalue weighted by molar-refractivity contribution is 0.0331. The van der Waals surface area contributed by atoms with Crippen LogP contribution in [0.25, 0.3) is 10.2 Å². The molecule has 1 aliphatic rings. The monoisotopic (exact) mass is 364 g/mol. The minimum absolute atomic E-state index is 0.289. The third-order valence-corrected chi connectivity index (χ3v) is 5.34. The second-order valence-corrected chi connectivity index (χ2v) is 7.20. The third kappa shape index (κ3) is 3.75. The fourth-order valence-corrected chi connectivity index (χ4v) is 3.99. The molecule has 25 heavy (non-hydrogen) atoms. The second kappa shape index (κ2) is 7.63. The Hall–Kier alpha value is -1.77. The molecular formula is C17H24N4O3S. The molecule has 1 fully saturated rings. The number of esters is 1. The summed E-state index contributed by atoms with van der Waals surface area (Å²) >= 11 is 1.38. The molecule has 7 nitrogen and oxygen atoms in total. The Kier molecular flexibility index (Phi) is 5.51. The van der Waals surface area contributed by atoms with Crippen molar-refractivity contribution in [3.63, 3.8) is 0 Å². The highest BCUT2D eigenvalue weighted by Gasteiger charge is 2.23. The number of ether oxygens (including phenoxy) is 2. The van der Waals surface area contributed by atoms with Gasteiger partial charge >= 0.3 is 5.97 Å². The number of hydrogen-bond donors (Lipinski definition) is 0. The Bertz CT molecular complexity index is 769. The number of thiophene rings is 1. The van der Waals surface area contributed by atoms with Crippen molar-refractivity contribution in [3.05, 3.63) is 16.3 Å². The first-order valence-corrected chi connectivity index (χ1v) is 9.27. The van der Waals surface area contributed by atoms with E-state index in [2.05, 4.69) is 4.90 Å². The second-order valence-electron chi connectivity index (χ2n) is 6.20. The fourth-order valence-electron chi connectivity index (χ4n) is 2.91. The van der Waals surface area contributed by atoms with Crippen LogP contribution in [0.4, 0.5) is 5.82 Å². The maximum Gasteiger partial charge on any atom is 0.348 e. The lowest BCUT2D eigenvalue weighted by Gasteiger charge is -2.26. The zero-order chi connectivity index (χ0) is 18.0. The maximum atomic E-state index is 12.2. The zero-order valence-corrected chi connectivity index (χ0v) is 16.0. The third-order valence-electron chi connectivity index (χ3n) is 4.17. The molecule has 0 radical (unpaired) electrons. The Morgan fingerprint density at radius 1 is 1.32 bits per heavy atom. The summed E-state index contributed by atoms with van der Waals surface area (Å²) in [6.45, 7) is 8.05. The standard InChI is InChI=1S/C17H24N4O3S/c1-5-24-17(22)14-11(2)13-15(20(3)4)18-12(19-16(13)25-14)10-21-6-8-23-9-7-21/h5-10H2,1-4H3. The average Bonchev–Trinajstić information content (AvgIpc) is 2.92. The minimum Gasteiger partial charge on any atom is -0.462 e. The smallest absolute Gasteiger partial charge is 0.348 e. The van der Waals surface area contributed by atoms with Crippen molar-refractivity contribution in [1.29, 1.82) is 0 Å². The SMILES string of the molecule is CCOC(=O)c1sc2nc(CN3CCOCC3)nc(N(C)C)c2c1C. The van der Waals surface area contributed by atoms with E-state index in [1.807, 2.05) is 32.8 Å². The number of hydrogen-bond acceptors (Lipinski definition) is 8. The van der Waals surface area contributed by atoms with Crippen molar-refractivity contribution in [2.24, 2.45) is 0 Å². The lowest BCUT2D eigenvalue weighted by Crippen LogP contribution is -2.36. The predicted octanol–water partition coefficient (Wildman–Crippen LogP) is 2.07. The van der Waals surface area contributed by atoms with Gasteiger partial charge in [0, 0.05) is 27.2 Å². The van der Waals surface area contributed by atoms with Crippen molar-refractivity contribution in [2.45, 2.75) is 20.4 Å². The summed E-state index contributed by atoms with van der Waals surface area (Å²) in [5.74, 6) is 1.33. The summed E-state index contributed by atoms with van der Waals surface area (Å²) in [5, 5.41) is 0.934. The molecule has 0 atom stereocenters. The van der Waals surface area contributed by atoms with Crippen molar-refractivity contribution >= 4 is 33.3 Å². The molecular weight excluding hydrogens is 340 g/mol. The highest BCUT2D eigenvalue weighted by Crippen LogP contribution is 2.35. The van der Waals surface area contributed by atoms with Gasteiger partial charge in [0.25, 0.3) is 0 Å². The number of aryl methyl sites for hydroxylation is 1. The van der Waals surface area contributed by atoms with E-state index >= 15 is 0 Å². The van der Waals surface area contributed by atoms with Crippen molar-refractivity contribution in [1.82, 2.24) is 14.9 Å². The van der Waals surface area contributed by atoms with Crippen LogP contribution >= 0.6 is 11.3 Å². The first kappa shape index (κ1) is 18.0. The van der Waals surface area contributed by atoms with Crippen LogP contribution in [-0.2, 0) is 16.0 Å². The van der Waals surface area contributed by atoms with E-state index in [0.29, 0.717) is 18.0 Å². The largest absolute Gasteiger partial charge is 0.462 e. The van der Waals surface area contributed by atoms with E-state index < -0.39 is 0 Å². The van der Waals surface area contributed by atoms with E-state index in [1.165, 1.54) is 11.3 Å². The van der Waals surface area contributed by atoms with Gasteiger partial charge in [-0.05, 0) is 19.4 Å². The van der Waals surface area contributed by atoms with Crippen LogP contribution in [0.2, 0.25) is 0 Å². The molecule has 0 spiro atoms. The van der Waals surface area contributed by atoms with Gasteiger partial charge in [0.15, 0.2) is 0 Å². The van der Waals surface area contributed by atoms with Gasteiger partial charge in [0.05, 0.1) is 31.8 Å². The maximum absolute atomic E-state index is 12.2. The summed E-state index contributed by atoms with van der Waals surface area (Å²) in [7, 11) is 3.92. The van der Waals surface area contributed by atoms with Crippen molar-refractivity contribution in [2.75, 3.05) is 51.9 Å². The average molecular weight is 364 g/mol. The molecule has 1 aliphatic heterocycles. The topological polar surface area (TPSA) is 67.8 Å². The first-order valence-electron chi connectivity index (χ1n) is 8.45. The molecule has 2 aromatic rings. The van der Waals surface area contributed by atoms with Gasteiger partial charge in [-0.25, -0.2) is 14.8 Å². The van der Waals surface area contributed by atoms with Gasteiger partial charge in [-0.2, -0.15) is 0 Å². The molecule has 3 rings (SSSR count). The number of anilines is 1. The molecule has 0 bridgehead atoms. The summed E-state index contributed by atoms with van der Waals surface area (Å²) in [4.78, 5) is 27.4. The molecule has 8 heteroatoms. The highest BCUT2D eigenvalue weighted by molar-refractivity contribution is 7.20. The Morgan fingerprint density at radius 2 is 2.04 bits per heavy atom. The molecule has 1 saturated heterocycles. The van der Waals surface area contributed by atoms with Crippen LogP contribution in [0.5, 0.6) is 0 Å². The molecule has 136 valence electrons. The van der Waals surface area contributed by atoms with Crippen LogP contribution in [0, 0.1) is 6.92 Å². The fraction of sp³-hybridized carbons (Fsp3) is 0.588. The zero-order valence-electron chi connectivity index (χ0n) is 15.2. The summed E-state index contributed by atoms with van der Waals surface area (Å²) in [6, 6.07) is 0. The molecule has 0 N–H and O–H groups in total. The number of aromatic nitrogens is 2. The number of rotatable bonds is 5. The Labute approximate surface area is 151 Å². The van der Waals surface area contributed by atoms with Gasteiger partial charge in [0.1, 0.15) is 21.3 Å². The van der Waals surface area contributed by atoms with Crippen LogP contribution in [0.1, 0.15) is 28.0 Å². The quantitative estimate of drug-likeness (QED) is 0.752. The minimum atomic E-state index is -0.289. The van der Waals surface area contributed by atoms with Crippen LogP contribution < -0.4 is 4.90 Å². The van der Waals surface area contributed by atoms with Crippen LogP contribution in [-0.4, -0.2) is 67.8 Å². The predicted molar refractivity (Wildman–Crippen MR) is 98.5 cm³/mol. The summed E-state index contributed by atoms with van der Waals surface area (Å²) in [6.07, 6.45) is 0. The van der Waals surface area contributed by atoms with E-state index in [9.17, 15) is 4.79 Å². The Morgan fingerprint density at radius 3 is 2.68 bits per heavy atom. The van der Waals surface area contributed by atoms with Gasteiger partial charge in [0.2, 0.25) is 0 Å². The highest BCUT2D eigenvalue weighted by atomic mass is 32.1. The van der Waals surface area contributed by atoms with E-state index in [4.69, 9.17) is 19.4 Å². The molecule has 0 unspecified atom stereocenters. The van der Waals surface area contributed by atoms with Crippen molar-refractivity contribution < 1.29 is 14.3 Å². The Balaban J connectivity index is 2.02. The summed E-state index contributed by atoms with van der Waals surface area (Å²) < 4.78 is 10.6. The van der Waals surface area contributed by atoms with E-state index in [0.717, 1.165) is 53.7 Å². The summed E-state index contributed by atoms with van der Waals surface area (Å²) in [5.41, 5.74) is 0.889. The van der Waals surface area contributed by atoms with E-state index in [-0.39, 0.29) is 5.97 Å². The number of fused-ring (bicyclic) bond motifs is 1. The van der Waals surface area contributed by atoms with Gasteiger partial charge in [-0.15, -0.1) is 11.3 Å². The number of nitrogens with zero attached hydrogens (tertiary/aromatic N) is 4. The first-order chi connectivity index (χ1) is 12.0. The molecule has 2 aromatic heterocycles. The normalized spacial score (nSPS) is 15.5. The molecule has 0 aliphatic carbocycles. The molecule has 0 aromatic carbocycles. The van der Waals surface area contributed by atoms with Crippen LogP contribution in [0.3, 0.4) is 0 Å². The van der Waals surface area contributed by atoms with E-state index in [1.54, 1.807) is 0 Å². The van der Waals surface area contributed by atoms with Crippen molar-refractivity contribution in [3.8, 4) is 0 Å².